The molecule has 2 fully saturated rings. The van der Waals surface area contributed by atoms with E-state index in [-0.39, 0.29) is 18.9 Å². The lowest BCUT2D eigenvalue weighted by atomic mass is 9.97. The second-order valence-corrected chi connectivity index (χ2v) is 16.5. The summed E-state index contributed by atoms with van der Waals surface area (Å²) in [7, 11) is 0. The Labute approximate surface area is 377 Å². The minimum Gasteiger partial charge on any atom is -0.394 e. The van der Waals surface area contributed by atoms with Gasteiger partial charge < -0.3 is 65.1 Å². The molecule has 12 unspecified atom stereocenters. The van der Waals surface area contributed by atoms with Crippen molar-refractivity contribution in [3.05, 3.63) is 72.9 Å². The maximum atomic E-state index is 13.0. The van der Waals surface area contributed by atoms with Crippen molar-refractivity contribution in [2.75, 3.05) is 19.8 Å². The van der Waals surface area contributed by atoms with Crippen molar-refractivity contribution in [1.82, 2.24) is 5.32 Å². The Morgan fingerprint density at radius 3 is 1.67 bits per heavy atom. The highest BCUT2D eigenvalue weighted by Gasteiger charge is 2.50. The molecule has 14 heteroatoms. The molecule has 2 aliphatic rings. The fourth-order valence-electron chi connectivity index (χ4n) is 7.24. The first-order chi connectivity index (χ1) is 30.6. The minimum absolute atomic E-state index is 0.261. The van der Waals surface area contributed by atoms with Crippen LogP contribution in [0.1, 0.15) is 136 Å². The molecule has 0 saturated carbocycles. The van der Waals surface area contributed by atoms with E-state index in [1.165, 1.54) is 32.1 Å². The Hall–Kier alpha value is -2.57. The Kier molecular flexibility index (Phi) is 32.0. The number of allylic oxidation sites excluding steroid dienone is 11. The van der Waals surface area contributed by atoms with Crippen LogP contribution in [0, 0.1) is 0 Å². The third kappa shape index (κ3) is 23.4. The van der Waals surface area contributed by atoms with E-state index in [0.717, 1.165) is 77.0 Å². The van der Waals surface area contributed by atoms with Crippen LogP contribution in [0.25, 0.3) is 0 Å². The van der Waals surface area contributed by atoms with E-state index in [9.17, 15) is 45.6 Å². The molecule has 14 nitrogen and oxygen atoms in total. The van der Waals surface area contributed by atoms with Gasteiger partial charge in [-0.25, -0.2) is 0 Å². The van der Waals surface area contributed by atoms with Crippen molar-refractivity contribution in [2.24, 2.45) is 0 Å². The number of nitrogens with one attached hydrogen (secondary N) is 1. The predicted molar refractivity (Wildman–Crippen MR) is 244 cm³/mol. The lowest BCUT2D eigenvalue weighted by Gasteiger charge is -2.46. The number of carbonyl (C=O) groups is 1. The minimum atomic E-state index is -1.79. The van der Waals surface area contributed by atoms with Crippen molar-refractivity contribution in [3.8, 4) is 0 Å². The average molecular weight is 894 g/mol. The topological polar surface area (TPSA) is 228 Å². The molecule has 63 heavy (non-hydrogen) atoms. The van der Waals surface area contributed by atoms with Gasteiger partial charge in [0.25, 0.3) is 0 Å². The number of ether oxygens (including phenoxy) is 4. The Morgan fingerprint density at radius 1 is 0.587 bits per heavy atom. The molecule has 0 bridgehead atoms. The molecule has 1 amide bonds. The van der Waals surface area contributed by atoms with Gasteiger partial charge in [0, 0.05) is 6.42 Å². The molecule has 2 saturated heterocycles. The lowest BCUT2D eigenvalue weighted by molar-refractivity contribution is -0.359. The zero-order valence-electron chi connectivity index (χ0n) is 38.0. The predicted octanol–water partition coefficient (Wildman–Crippen LogP) is 5.26. The molecule has 0 aromatic heterocycles. The molecule has 2 aliphatic heterocycles. The summed E-state index contributed by atoms with van der Waals surface area (Å²) in [5, 5.41) is 85.9. The summed E-state index contributed by atoms with van der Waals surface area (Å²) in [6, 6.07) is -0.917. The van der Waals surface area contributed by atoms with Gasteiger partial charge in [-0.1, -0.05) is 145 Å². The Bertz CT molecular complexity index is 1330. The molecule has 0 radical (unpaired) electrons. The second-order valence-electron chi connectivity index (χ2n) is 16.5. The molecule has 9 N–H and O–H groups in total. The van der Waals surface area contributed by atoms with Gasteiger partial charge in [0.1, 0.15) is 48.8 Å². The van der Waals surface area contributed by atoms with Crippen LogP contribution >= 0.6 is 0 Å². The van der Waals surface area contributed by atoms with Crippen LogP contribution < -0.4 is 5.32 Å². The van der Waals surface area contributed by atoms with Crippen molar-refractivity contribution < 1.29 is 64.6 Å². The number of aliphatic hydroxyl groups excluding tert-OH is 8. The van der Waals surface area contributed by atoms with E-state index in [0.29, 0.717) is 6.42 Å². The first kappa shape index (κ1) is 56.6. The first-order valence-electron chi connectivity index (χ1n) is 23.7. The van der Waals surface area contributed by atoms with Crippen LogP contribution in [0.3, 0.4) is 0 Å². The highest BCUT2D eigenvalue weighted by atomic mass is 16.7. The van der Waals surface area contributed by atoms with Gasteiger partial charge >= 0.3 is 0 Å². The average Bonchev–Trinajstić information content (AvgIpc) is 3.28. The van der Waals surface area contributed by atoms with E-state index >= 15 is 0 Å². The van der Waals surface area contributed by atoms with Gasteiger partial charge in [-0.2, -0.15) is 0 Å². The molecule has 362 valence electrons. The van der Waals surface area contributed by atoms with Gasteiger partial charge in [0.2, 0.25) is 5.91 Å². The summed E-state index contributed by atoms with van der Waals surface area (Å²) in [5.74, 6) is -0.261. The smallest absolute Gasteiger partial charge is 0.220 e. The molecule has 0 aliphatic carbocycles. The van der Waals surface area contributed by atoms with Gasteiger partial charge in [-0.15, -0.1) is 0 Å². The molecule has 0 aromatic carbocycles. The van der Waals surface area contributed by atoms with Gasteiger partial charge in [-0.05, 0) is 57.8 Å². The molecule has 0 aromatic rings. The molecular weight excluding hydrogens is 811 g/mol. The Morgan fingerprint density at radius 2 is 1.10 bits per heavy atom. The second kappa shape index (κ2) is 35.7. The largest absolute Gasteiger partial charge is 0.394 e. The van der Waals surface area contributed by atoms with Gasteiger partial charge in [0.05, 0.1) is 32.0 Å². The van der Waals surface area contributed by atoms with E-state index in [1.807, 2.05) is 6.08 Å². The fraction of sp³-hybridized carbons (Fsp3) is 0.735. The number of carbonyl (C=O) groups excluding carboxylic acids is 1. The fourth-order valence-corrected chi connectivity index (χ4v) is 7.24. The van der Waals surface area contributed by atoms with Crippen molar-refractivity contribution in [1.29, 1.82) is 0 Å². The molecule has 2 heterocycles. The summed E-state index contributed by atoms with van der Waals surface area (Å²) in [4.78, 5) is 13.0. The van der Waals surface area contributed by atoms with E-state index < -0.39 is 86.8 Å². The lowest BCUT2D eigenvalue weighted by Crippen LogP contribution is -2.65. The number of unbranched alkanes of at least 4 members (excludes halogenated alkanes) is 11. The summed E-state index contributed by atoms with van der Waals surface area (Å²) in [5.41, 5.74) is 0. The number of hydrogen-bond acceptors (Lipinski definition) is 13. The maximum Gasteiger partial charge on any atom is 0.220 e. The van der Waals surface area contributed by atoms with Crippen LogP contribution in [0.2, 0.25) is 0 Å². The van der Waals surface area contributed by atoms with Crippen LogP contribution in [0.15, 0.2) is 72.9 Å². The number of amides is 1. The SMILES string of the molecule is CC/C=C\C/C=C\C/C=C\C/C=C\C/C=C\CCCCCCCCCCCC(=O)NC(COC1OC(CO)C(OC2OC(CO)C(O)C(O)C2O)C(O)C1O)C(O)/C=C/CCCC. The van der Waals surface area contributed by atoms with Crippen molar-refractivity contribution >= 4 is 5.91 Å². The standard InChI is InChI=1S/C49H83NO13/c1-3-5-7-9-10-11-12-13-14-15-16-17-18-19-20-21-22-23-24-25-26-27-28-29-31-33-41(54)50-37(38(53)32-30-8-6-4-2)36-60-48-46(59)44(57)47(40(35-52)62-48)63-49-45(58)43(56)42(55)39(34-51)61-49/h5,7,10-11,13-14,16-17,19-20,30,32,37-40,42-49,51-53,55-59H,3-4,6,8-9,12,15,18,21-29,31,33-36H2,1-2H3,(H,50,54)/b7-5-,11-10-,14-13-,17-16-,20-19-,32-30+. The zero-order valence-corrected chi connectivity index (χ0v) is 38.0. The van der Waals surface area contributed by atoms with Crippen LogP contribution in [-0.2, 0) is 23.7 Å². The van der Waals surface area contributed by atoms with Crippen LogP contribution in [0.4, 0.5) is 0 Å². The molecule has 12 atom stereocenters. The molecule has 2 rings (SSSR count). The highest BCUT2D eigenvalue weighted by Crippen LogP contribution is 2.30. The third-order valence-electron chi connectivity index (χ3n) is 11.1. The number of aliphatic hydroxyl groups is 8. The van der Waals surface area contributed by atoms with Crippen molar-refractivity contribution in [2.45, 2.75) is 209 Å². The van der Waals surface area contributed by atoms with Gasteiger partial charge in [0.15, 0.2) is 12.6 Å². The van der Waals surface area contributed by atoms with E-state index in [4.69, 9.17) is 18.9 Å². The maximum absolute atomic E-state index is 13.0. The highest BCUT2D eigenvalue weighted by molar-refractivity contribution is 5.76. The summed E-state index contributed by atoms with van der Waals surface area (Å²) in [6.45, 7) is 2.47. The van der Waals surface area contributed by atoms with Crippen molar-refractivity contribution in [3.63, 3.8) is 0 Å². The normalized spacial score (nSPS) is 28.2. The van der Waals surface area contributed by atoms with E-state index in [2.05, 4.69) is 79.9 Å². The Balaban J connectivity index is 1.68. The summed E-state index contributed by atoms with van der Waals surface area (Å²) in [6.07, 6.45) is 27.5. The monoisotopic (exact) mass is 894 g/mol. The quantitative estimate of drug-likeness (QED) is 0.0297. The van der Waals surface area contributed by atoms with Crippen LogP contribution in [-0.4, -0.2) is 140 Å². The van der Waals surface area contributed by atoms with Crippen LogP contribution in [0.5, 0.6) is 0 Å². The first-order valence-corrected chi connectivity index (χ1v) is 23.7. The molecule has 0 spiro atoms. The summed E-state index contributed by atoms with van der Waals surface area (Å²) >= 11 is 0. The molecular formula is C49H83NO13. The third-order valence-corrected chi connectivity index (χ3v) is 11.1. The zero-order chi connectivity index (χ0) is 46.1. The van der Waals surface area contributed by atoms with E-state index in [1.54, 1.807) is 6.08 Å². The van der Waals surface area contributed by atoms with Gasteiger partial charge in [-0.3, -0.25) is 4.79 Å². The number of hydrogen-bond donors (Lipinski definition) is 9. The number of rotatable bonds is 34. The summed E-state index contributed by atoms with van der Waals surface area (Å²) < 4.78 is 22.5.